The lowest BCUT2D eigenvalue weighted by Gasteiger charge is -2.35. The van der Waals surface area contributed by atoms with Gasteiger partial charge in [-0.2, -0.15) is 5.10 Å². The van der Waals surface area contributed by atoms with Crippen LogP contribution in [0.2, 0.25) is 0 Å². The number of piperidine rings is 1. The zero-order valence-corrected chi connectivity index (χ0v) is 20.2. The Morgan fingerprint density at radius 3 is 2.88 bits per heavy atom. The van der Waals surface area contributed by atoms with Gasteiger partial charge in [0, 0.05) is 29.2 Å². The second kappa shape index (κ2) is 10.1. The summed E-state index contributed by atoms with van der Waals surface area (Å²) in [7, 11) is 0. The van der Waals surface area contributed by atoms with E-state index in [1.807, 2.05) is 38.1 Å². The summed E-state index contributed by atoms with van der Waals surface area (Å²) in [6.45, 7) is 8.91. The second-order valence-corrected chi connectivity index (χ2v) is 9.85. The Labute approximate surface area is 193 Å². The summed E-state index contributed by atoms with van der Waals surface area (Å²) in [5.41, 5.74) is 0.618. The predicted octanol–water partition coefficient (Wildman–Crippen LogP) is 4.64. The lowest BCUT2D eigenvalue weighted by molar-refractivity contribution is -0.124. The molecule has 0 aliphatic carbocycles. The van der Waals surface area contributed by atoms with Crippen molar-refractivity contribution in [3.63, 3.8) is 0 Å². The Morgan fingerprint density at radius 2 is 2.09 bits per heavy atom. The Kier molecular flexibility index (Phi) is 7.26. The van der Waals surface area contributed by atoms with Crippen molar-refractivity contribution < 1.29 is 4.79 Å². The van der Waals surface area contributed by atoms with Crippen LogP contribution in [0.15, 0.2) is 29.1 Å². The van der Waals surface area contributed by atoms with Crippen LogP contribution in [0.1, 0.15) is 64.1 Å². The molecule has 0 bridgehead atoms. The molecule has 1 aromatic carbocycles. The van der Waals surface area contributed by atoms with Crippen molar-refractivity contribution in [3.8, 4) is 0 Å². The van der Waals surface area contributed by atoms with Crippen LogP contribution < -0.4 is 10.9 Å². The lowest BCUT2D eigenvalue weighted by atomic mass is 10.00. The Morgan fingerprint density at radius 1 is 1.28 bits per heavy atom. The molecule has 2 atom stereocenters. The largest absolute Gasteiger partial charge is 0.354 e. The van der Waals surface area contributed by atoms with Crippen molar-refractivity contribution in [3.05, 3.63) is 40.3 Å². The number of amides is 1. The Hall–Kier alpha value is -2.25. The third kappa shape index (κ3) is 4.46. The highest BCUT2D eigenvalue weighted by Gasteiger charge is 2.24. The van der Waals surface area contributed by atoms with Crippen LogP contribution in [0, 0.1) is 6.92 Å². The average molecular weight is 455 g/mol. The van der Waals surface area contributed by atoms with E-state index in [0.717, 1.165) is 40.0 Å². The van der Waals surface area contributed by atoms with Crippen LogP contribution in [0.25, 0.3) is 20.2 Å². The lowest BCUT2D eigenvalue weighted by Crippen LogP contribution is -2.42. The van der Waals surface area contributed by atoms with Crippen molar-refractivity contribution in [1.82, 2.24) is 20.0 Å². The molecule has 1 aliphatic rings. The van der Waals surface area contributed by atoms with Crippen molar-refractivity contribution in [2.75, 3.05) is 19.6 Å². The SMILES string of the molecule is CCC1CCCCN1CCCNC(=O)C(CC)n1nc(C)c2sc3ccccc3c2c1=O. The molecule has 7 heteroatoms. The molecule has 0 saturated carbocycles. The van der Waals surface area contributed by atoms with Crippen LogP contribution in [0.3, 0.4) is 0 Å². The van der Waals surface area contributed by atoms with Gasteiger partial charge in [0.1, 0.15) is 6.04 Å². The molecule has 0 radical (unpaired) electrons. The number of likely N-dealkylation sites (tertiary alicyclic amines) is 1. The maximum absolute atomic E-state index is 13.4. The van der Waals surface area contributed by atoms with Crippen LogP contribution in [-0.4, -0.2) is 46.3 Å². The van der Waals surface area contributed by atoms with Crippen LogP contribution in [-0.2, 0) is 4.79 Å². The topological polar surface area (TPSA) is 67.2 Å². The first-order valence-corrected chi connectivity index (χ1v) is 12.8. The third-order valence-electron chi connectivity index (χ3n) is 6.73. The fraction of sp³-hybridized carbons (Fsp3) is 0.560. The minimum atomic E-state index is -0.595. The second-order valence-electron chi connectivity index (χ2n) is 8.80. The van der Waals surface area contributed by atoms with E-state index < -0.39 is 6.04 Å². The summed E-state index contributed by atoms with van der Waals surface area (Å²) in [4.78, 5) is 29.0. The van der Waals surface area contributed by atoms with Crippen LogP contribution in [0.4, 0.5) is 0 Å². The summed E-state index contributed by atoms with van der Waals surface area (Å²) in [6.07, 6.45) is 6.53. The molecule has 1 aliphatic heterocycles. The number of rotatable bonds is 8. The highest BCUT2D eigenvalue weighted by molar-refractivity contribution is 7.26. The molecule has 1 N–H and O–H groups in total. The molecular weight excluding hydrogens is 420 g/mol. The van der Waals surface area contributed by atoms with Gasteiger partial charge in [-0.1, -0.05) is 38.5 Å². The first kappa shape index (κ1) is 22.9. The molecular formula is C25H34N4O2S. The van der Waals surface area contributed by atoms with Crippen molar-refractivity contribution >= 4 is 37.4 Å². The number of benzene rings is 1. The quantitative estimate of drug-likeness (QED) is 0.504. The van der Waals surface area contributed by atoms with Crippen LogP contribution in [0.5, 0.6) is 0 Å². The standard InChI is InChI=1S/C25H34N4O2S/c1-4-18-11-8-9-15-28(18)16-10-14-26-24(30)20(5-2)29-25(31)22-19-12-6-7-13-21(19)32-23(22)17(3)27-29/h6-7,12-13,18,20H,4-5,8-11,14-16H2,1-3H3,(H,26,30). The molecule has 1 fully saturated rings. The van der Waals surface area contributed by atoms with E-state index in [2.05, 4.69) is 22.2 Å². The number of nitrogens with zero attached hydrogens (tertiary/aromatic N) is 3. The van der Waals surface area contributed by atoms with Crippen molar-refractivity contribution in [2.24, 2.45) is 0 Å². The highest BCUT2D eigenvalue weighted by atomic mass is 32.1. The van der Waals surface area contributed by atoms with Gasteiger partial charge in [-0.3, -0.25) is 9.59 Å². The highest BCUT2D eigenvalue weighted by Crippen LogP contribution is 2.33. The van der Waals surface area contributed by atoms with Gasteiger partial charge in [-0.05, 0) is 51.6 Å². The molecule has 172 valence electrons. The number of hydrogen-bond donors (Lipinski definition) is 1. The number of carbonyl (C=O) groups excluding carboxylic acids is 1. The number of aromatic nitrogens is 2. The number of thiophene rings is 1. The van der Waals surface area contributed by atoms with Gasteiger partial charge in [-0.25, -0.2) is 4.68 Å². The van der Waals surface area contributed by atoms with E-state index in [1.54, 1.807) is 11.3 Å². The predicted molar refractivity (Wildman–Crippen MR) is 133 cm³/mol. The molecule has 1 saturated heterocycles. The molecule has 3 aromatic rings. The Bertz CT molecular complexity index is 1150. The van der Waals surface area contributed by atoms with Gasteiger partial charge < -0.3 is 10.2 Å². The van der Waals surface area contributed by atoms with Crippen LogP contribution >= 0.6 is 11.3 Å². The monoisotopic (exact) mass is 454 g/mol. The third-order valence-corrected chi connectivity index (χ3v) is 8.01. The molecule has 32 heavy (non-hydrogen) atoms. The van der Waals surface area contributed by atoms with Gasteiger partial charge in [0.25, 0.3) is 5.56 Å². The zero-order valence-electron chi connectivity index (χ0n) is 19.4. The summed E-state index contributed by atoms with van der Waals surface area (Å²) >= 11 is 1.59. The molecule has 1 amide bonds. The molecule has 2 aromatic heterocycles. The maximum atomic E-state index is 13.4. The minimum Gasteiger partial charge on any atom is -0.354 e. The number of aryl methyl sites for hydroxylation is 1. The van der Waals surface area contributed by atoms with E-state index in [0.29, 0.717) is 24.4 Å². The first-order chi connectivity index (χ1) is 15.5. The summed E-state index contributed by atoms with van der Waals surface area (Å²) in [5, 5.41) is 9.25. The molecule has 4 rings (SSSR count). The van der Waals surface area contributed by atoms with E-state index >= 15 is 0 Å². The summed E-state index contributed by atoms with van der Waals surface area (Å²) in [5.74, 6) is -0.119. The normalized spacial score (nSPS) is 18.3. The van der Waals surface area contributed by atoms with Gasteiger partial charge in [-0.15, -0.1) is 11.3 Å². The maximum Gasteiger partial charge on any atom is 0.276 e. The van der Waals surface area contributed by atoms with Crippen molar-refractivity contribution in [1.29, 1.82) is 0 Å². The van der Waals surface area contributed by atoms with Gasteiger partial charge >= 0.3 is 0 Å². The fourth-order valence-corrected chi connectivity index (χ4v) is 6.12. The summed E-state index contributed by atoms with van der Waals surface area (Å²) in [6, 6.07) is 8.02. The van der Waals surface area contributed by atoms with Gasteiger partial charge in [0.15, 0.2) is 0 Å². The van der Waals surface area contributed by atoms with Crippen molar-refractivity contribution in [2.45, 2.75) is 71.4 Å². The fourth-order valence-electron chi connectivity index (χ4n) is 4.99. The number of hydrogen-bond acceptors (Lipinski definition) is 5. The van der Waals surface area contributed by atoms with E-state index in [9.17, 15) is 9.59 Å². The first-order valence-electron chi connectivity index (χ1n) is 12.0. The van der Waals surface area contributed by atoms with E-state index in [-0.39, 0.29) is 11.5 Å². The molecule has 6 nitrogen and oxygen atoms in total. The Balaban J connectivity index is 1.48. The van der Waals surface area contributed by atoms with E-state index in [1.165, 1.54) is 30.4 Å². The molecule has 3 heterocycles. The van der Waals surface area contributed by atoms with E-state index in [4.69, 9.17) is 0 Å². The smallest absolute Gasteiger partial charge is 0.276 e. The zero-order chi connectivity index (χ0) is 22.7. The van der Waals surface area contributed by atoms with Gasteiger partial charge in [0.05, 0.1) is 15.8 Å². The minimum absolute atomic E-state index is 0.119. The van der Waals surface area contributed by atoms with Gasteiger partial charge in [0.2, 0.25) is 5.91 Å². The average Bonchev–Trinajstić information content (AvgIpc) is 3.21. The molecule has 0 spiro atoms. The number of fused-ring (bicyclic) bond motifs is 3. The number of nitrogens with one attached hydrogen (secondary N) is 1. The molecule has 2 unspecified atom stereocenters. The number of carbonyl (C=O) groups is 1. The summed E-state index contributed by atoms with van der Waals surface area (Å²) < 4.78 is 3.39.